The SMILES string of the molecule is CCCCCCC(CC)OC(=O)Cc1ccc(CC(C)C)cc1. The average Bonchev–Trinajstić information content (AvgIpc) is 2.51. The van der Waals surface area contributed by atoms with Gasteiger partial charge in [0, 0.05) is 0 Å². The van der Waals surface area contributed by atoms with Crippen LogP contribution in [-0.2, 0) is 22.4 Å². The molecule has 1 atom stereocenters. The van der Waals surface area contributed by atoms with Crippen LogP contribution in [0.3, 0.4) is 0 Å². The van der Waals surface area contributed by atoms with Crippen molar-refractivity contribution >= 4 is 5.97 Å². The number of carbonyl (C=O) groups excluding carboxylic acids is 1. The molecule has 0 bridgehead atoms. The van der Waals surface area contributed by atoms with E-state index < -0.39 is 0 Å². The van der Waals surface area contributed by atoms with Gasteiger partial charge >= 0.3 is 5.97 Å². The molecule has 0 saturated carbocycles. The molecule has 0 heterocycles. The van der Waals surface area contributed by atoms with Crippen LogP contribution >= 0.6 is 0 Å². The van der Waals surface area contributed by atoms with Gasteiger partial charge in [0.25, 0.3) is 0 Å². The summed E-state index contributed by atoms with van der Waals surface area (Å²) in [6.07, 6.45) is 8.36. The number of rotatable bonds is 11. The number of hydrogen-bond acceptors (Lipinski definition) is 2. The number of carbonyl (C=O) groups is 1. The van der Waals surface area contributed by atoms with Crippen molar-refractivity contribution in [2.75, 3.05) is 0 Å². The zero-order valence-electron chi connectivity index (χ0n) is 15.4. The number of esters is 1. The van der Waals surface area contributed by atoms with E-state index in [2.05, 4.69) is 52.0 Å². The number of ether oxygens (including phenoxy) is 1. The maximum absolute atomic E-state index is 12.1. The van der Waals surface area contributed by atoms with Gasteiger partial charge in [0.1, 0.15) is 6.10 Å². The lowest BCUT2D eigenvalue weighted by Crippen LogP contribution is -2.19. The van der Waals surface area contributed by atoms with E-state index >= 15 is 0 Å². The van der Waals surface area contributed by atoms with E-state index in [9.17, 15) is 4.79 Å². The Kier molecular flexibility index (Phi) is 9.66. The van der Waals surface area contributed by atoms with Gasteiger partial charge in [-0.15, -0.1) is 0 Å². The van der Waals surface area contributed by atoms with Crippen LogP contribution in [0, 0.1) is 5.92 Å². The van der Waals surface area contributed by atoms with Crippen LogP contribution in [0.5, 0.6) is 0 Å². The minimum absolute atomic E-state index is 0.0829. The van der Waals surface area contributed by atoms with Crippen molar-refractivity contribution in [1.29, 1.82) is 0 Å². The Bertz CT molecular complexity index is 434. The average molecular weight is 319 g/mol. The Balaban J connectivity index is 2.39. The summed E-state index contributed by atoms with van der Waals surface area (Å²) in [4.78, 5) is 12.1. The summed E-state index contributed by atoms with van der Waals surface area (Å²) in [7, 11) is 0. The van der Waals surface area contributed by atoms with Gasteiger partial charge in [-0.1, -0.05) is 71.2 Å². The summed E-state index contributed by atoms with van der Waals surface area (Å²) in [5.74, 6) is 0.563. The van der Waals surface area contributed by atoms with E-state index in [0.717, 1.165) is 31.2 Å². The molecule has 130 valence electrons. The van der Waals surface area contributed by atoms with Crippen molar-refractivity contribution in [3.8, 4) is 0 Å². The smallest absolute Gasteiger partial charge is 0.310 e. The molecule has 1 rings (SSSR count). The Morgan fingerprint density at radius 1 is 1.00 bits per heavy atom. The first kappa shape index (κ1) is 19.7. The van der Waals surface area contributed by atoms with Gasteiger partial charge in [-0.05, 0) is 42.7 Å². The Labute approximate surface area is 142 Å². The molecular formula is C21H34O2. The van der Waals surface area contributed by atoms with E-state index in [-0.39, 0.29) is 12.1 Å². The fourth-order valence-electron chi connectivity index (χ4n) is 2.80. The second kappa shape index (κ2) is 11.3. The molecule has 0 aliphatic heterocycles. The summed E-state index contributed by atoms with van der Waals surface area (Å²) < 4.78 is 5.64. The van der Waals surface area contributed by atoms with Crippen LogP contribution in [-0.4, -0.2) is 12.1 Å². The molecule has 0 aliphatic carbocycles. The highest BCUT2D eigenvalue weighted by molar-refractivity contribution is 5.72. The molecule has 0 fully saturated rings. The molecule has 23 heavy (non-hydrogen) atoms. The standard InChI is InChI=1S/C21H34O2/c1-5-7-8-9-10-20(6-2)23-21(22)16-19-13-11-18(12-14-19)15-17(3)4/h11-14,17,20H,5-10,15-16H2,1-4H3. The lowest BCUT2D eigenvalue weighted by Gasteiger charge is -2.16. The minimum Gasteiger partial charge on any atom is -0.462 e. The van der Waals surface area contributed by atoms with E-state index in [1.807, 2.05) is 0 Å². The molecule has 1 aromatic carbocycles. The molecule has 2 heteroatoms. The summed E-state index contributed by atoms with van der Waals surface area (Å²) in [6, 6.07) is 8.37. The van der Waals surface area contributed by atoms with Crippen LogP contribution in [0.4, 0.5) is 0 Å². The molecule has 1 aromatic rings. The van der Waals surface area contributed by atoms with E-state index in [0.29, 0.717) is 12.3 Å². The zero-order valence-corrected chi connectivity index (χ0v) is 15.4. The molecule has 1 unspecified atom stereocenters. The van der Waals surface area contributed by atoms with Gasteiger partial charge in [0.2, 0.25) is 0 Å². The van der Waals surface area contributed by atoms with Crippen molar-refractivity contribution in [2.24, 2.45) is 5.92 Å². The summed E-state index contributed by atoms with van der Waals surface area (Å²) in [6.45, 7) is 8.75. The Morgan fingerprint density at radius 2 is 1.65 bits per heavy atom. The molecule has 0 radical (unpaired) electrons. The number of unbranched alkanes of at least 4 members (excludes halogenated alkanes) is 3. The third-order valence-corrected chi connectivity index (χ3v) is 4.15. The van der Waals surface area contributed by atoms with Crippen molar-refractivity contribution in [3.05, 3.63) is 35.4 Å². The van der Waals surface area contributed by atoms with Crippen LogP contribution < -0.4 is 0 Å². The monoisotopic (exact) mass is 318 g/mol. The van der Waals surface area contributed by atoms with Gasteiger partial charge in [-0.25, -0.2) is 0 Å². The van der Waals surface area contributed by atoms with Gasteiger partial charge < -0.3 is 4.74 Å². The van der Waals surface area contributed by atoms with Crippen LogP contribution in [0.1, 0.15) is 77.3 Å². The van der Waals surface area contributed by atoms with Gasteiger partial charge in [0.05, 0.1) is 6.42 Å². The maximum atomic E-state index is 12.1. The lowest BCUT2D eigenvalue weighted by molar-refractivity contribution is -0.148. The van der Waals surface area contributed by atoms with Crippen molar-refractivity contribution in [1.82, 2.24) is 0 Å². The predicted molar refractivity (Wildman–Crippen MR) is 97.6 cm³/mol. The van der Waals surface area contributed by atoms with Crippen LogP contribution in [0.25, 0.3) is 0 Å². The molecule has 0 N–H and O–H groups in total. The molecule has 0 saturated heterocycles. The summed E-state index contributed by atoms with van der Waals surface area (Å²) in [5, 5.41) is 0. The highest BCUT2D eigenvalue weighted by Crippen LogP contribution is 2.14. The molecule has 0 aromatic heterocycles. The quantitative estimate of drug-likeness (QED) is 0.385. The second-order valence-corrected chi connectivity index (χ2v) is 6.96. The Morgan fingerprint density at radius 3 is 2.22 bits per heavy atom. The molecule has 2 nitrogen and oxygen atoms in total. The van der Waals surface area contributed by atoms with Crippen molar-refractivity contribution < 1.29 is 9.53 Å². The topological polar surface area (TPSA) is 26.3 Å². The summed E-state index contributed by atoms with van der Waals surface area (Å²) >= 11 is 0. The highest BCUT2D eigenvalue weighted by Gasteiger charge is 2.13. The van der Waals surface area contributed by atoms with E-state index in [1.165, 1.54) is 24.8 Å². The third-order valence-electron chi connectivity index (χ3n) is 4.15. The summed E-state index contributed by atoms with van der Waals surface area (Å²) in [5.41, 5.74) is 2.38. The first-order chi connectivity index (χ1) is 11.0. The van der Waals surface area contributed by atoms with Gasteiger partial charge in [-0.2, -0.15) is 0 Å². The fraction of sp³-hybridized carbons (Fsp3) is 0.667. The lowest BCUT2D eigenvalue weighted by atomic mass is 10.0. The van der Waals surface area contributed by atoms with Gasteiger partial charge in [0.15, 0.2) is 0 Å². The van der Waals surface area contributed by atoms with E-state index in [4.69, 9.17) is 4.74 Å². The van der Waals surface area contributed by atoms with Crippen LogP contribution in [0.15, 0.2) is 24.3 Å². The zero-order chi connectivity index (χ0) is 17.1. The predicted octanol–water partition coefficient (Wildman–Crippen LogP) is 5.72. The molecule has 0 spiro atoms. The van der Waals surface area contributed by atoms with E-state index in [1.54, 1.807) is 0 Å². The first-order valence-electron chi connectivity index (χ1n) is 9.32. The van der Waals surface area contributed by atoms with Crippen molar-refractivity contribution in [3.63, 3.8) is 0 Å². The normalized spacial score (nSPS) is 12.4. The number of benzene rings is 1. The first-order valence-corrected chi connectivity index (χ1v) is 9.32. The fourth-order valence-corrected chi connectivity index (χ4v) is 2.80. The number of hydrogen-bond donors (Lipinski definition) is 0. The molecule has 0 aliphatic rings. The van der Waals surface area contributed by atoms with Crippen LogP contribution in [0.2, 0.25) is 0 Å². The van der Waals surface area contributed by atoms with Crippen molar-refractivity contribution in [2.45, 2.75) is 85.2 Å². The second-order valence-electron chi connectivity index (χ2n) is 6.96. The minimum atomic E-state index is -0.0936. The Hall–Kier alpha value is -1.31. The molecular weight excluding hydrogens is 284 g/mol. The van der Waals surface area contributed by atoms with Gasteiger partial charge in [-0.3, -0.25) is 4.79 Å². The molecule has 0 amide bonds. The third kappa shape index (κ3) is 8.78. The maximum Gasteiger partial charge on any atom is 0.310 e. The largest absolute Gasteiger partial charge is 0.462 e. The highest BCUT2D eigenvalue weighted by atomic mass is 16.5.